The van der Waals surface area contributed by atoms with Gasteiger partial charge in [-0.1, -0.05) is 39.5 Å². The van der Waals surface area contributed by atoms with E-state index in [9.17, 15) is 10.2 Å². The molecule has 0 bridgehead atoms. The van der Waals surface area contributed by atoms with E-state index in [1.807, 2.05) is 0 Å². The molecule has 2 aliphatic carbocycles. The maximum Gasteiger partial charge on any atom is 0.0826 e. The molecule has 4 unspecified atom stereocenters. The third kappa shape index (κ3) is 2.82. The quantitative estimate of drug-likeness (QED) is 0.762. The largest absolute Gasteiger partial charge is 0.388 e. The molecule has 1 aromatic carbocycles. The Bertz CT molecular complexity index is 551. The molecule has 0 fully saturated rings. The van der Waals surface area contributed by atoms with Gasteiger partial charge in [0.05, 0.1) is 12.2 Å². The summed E-state index contributed by atoms with van der Waals surface area (Å²) < 4.78 is 0. The highest BCUT2D eigenvalue weighted by molar-refractivity contribution is 5.57. The number of aliphatic hydroxyl groups excluding tert-OH is 2. The topological polar surface area (TPSA) is 40.5 Å². The van der Waals surface area contributed by atoms with E-state index in [-0.39, 0.29) is 12.2 Å². The van der Waals surface area contributed by atoms with Crippen LogP contribution in [-0.4, -0.2) is 10.2 Å². The number of aliphatic hydroxyl groups is 2. The van der Waals surface area contributed by atoms with Crippen LogP contribution in [0.5, 0.6) is 0 Å². The van der Waals surface area contributed by atoms with E-state index >= 15 is 0 Å². The van der Waals surface area contributed by atoms with E-state index in [1.165, 1.54) is 59.1 Å². The maximum absolute atomic E-state index is 10.9. The second-order valence-corrected chi connectivity index (χ2v) is 8.14. The van der Waals surface area contributed by atoms with E-state index in [0.717, 1.165) is 25.7 Å². The monoisotopic (exact) mass is 330 g/mol. The van der Waals surface area contributed by atoms with Gasteiger partial charge in [0.15, 0.2) is 0 Å². The summed E-state index contributed by atoms with van der Waals surface area (Å²) in [6.07, 6.45) is 8.34. The molecule has 0 saturated carbocycles. The molecule has 2 aliphatic rings. The zero-order valence-electron chi connectivity index (χ0n) is 15.9. The van der Waals surface area contributed by atoms with Crippen molar-refractivity contribution >= 4 is 0 Å². The van der Waals surface area contributed by atoms with E-state index in [0.29, 0.717) is 11.8 Å². The lowest BCUT2D eigenvalue weighted by atomic mass is 9.89. The number of fused-ring (bicyclic) bond motifs is 2. The van der Waals surface area contributed by atoms with Crippen molar-refractivity contribution in [3.63, 3.8) is 0 Å². The Balaban J connectivity index is 1.94. The summed E-state index contributed by atoms with van der Waals surface area (Å²) in [5, 5.41) is 21.8. The third-order valence-electron chi connectivity index (χ3n) is 6.64. The Morgan fingerprint density at radius 2 is 1.12 bits per heavy atom. The van der Waals surface area contributed by atoms with Crippen LogP contribution in [0.1, 0.15) is 98.0 Å². The van der Waals surface area contributed by atoms with Gasteiger partial charge >= 0.3 is 0 Å². The van der Waals surface area contributed by atoms with Crippen LogP contribution >= 0.6 is 0 Å². The van der Waals surface area contributed by atoms with Crippen LogP contribution in [0.3, 0.4) is 0 Å². The van der Waals surface area contributed by atoms with Crippen molar-refractivity contribution in [3.05, 3.63) is 33.4 Å². The number of hydrogen-bond donors (Lipinski definition) is 2. The molecule has 0 aromatic heterocycles. The molecule has 2 N–H and O–H groups in total. The van der Waals surface area contributed by atoms with Gasteiger partial charge in [0.25, 0.3) is 0 Å². The summed E-state index contributed by atoms with van der Waals surface area (Å²) in [6.45, 7) is 8.79. The first-order valence-corrected chi connectivity index (χ1v) is 10.0. The van der Waals surface area contributed by atoms with Crippen molar-refractivity contribution in [1.29, 1.82) is 0 Å². The van der Waals surface area contributed by atoms with Crippen LogP contribution in [-0.2, 0) is 12.8 Å². The number of rotatable bonds is 6. The van der Waals surface area contributed by atoms with E-state index in [1.54, 1.807) is 0 Å². The van der Waals surface area contributed by atoms with Gasteiger partial charge in [0.1, 0.15) is 0 Å². The lowest BCUT2D eigenvalue weighted by molar-refractivity contribution is 0.115. The highest BCUT2D eigenvalue weighted by atomic mass is 16.3. The van der Waals surface area contributed by atoms with Crippen LogP contribution in [0.2, 0.25) is 0 Å². The third-order valence-corrected chi connectivity index (χ3v) is 6.64. The van der Waals surface area contributed by atoms with Crippen molar-refractivity contribution in [3.8, 4) is 0 Å². The van der Waals surface area contributed by atoms with Crippen molar-refractivity contribution in [2.45, 2.75) is 91.3 Å². The smallest absolute Gasteiger partial charge is 0.0826 e. The first kappa shape index (κ1) is 17.9. The Kier molecular flexibility index (Phi) is 5.36. The SMILES string of the molecule is CCCCC1Cc2c(C)c3c(c(C)c2C1O)CC(CCCC)C3O. The van der Waals surface area contributed by atoms with Gasteiger partial charge in [-0.25, -0.2) is 0 Å². The summed E-state index contributed by atoms with van der Waals surface area (Å²) in [7, 11) is 0. The van der Waals surface area contributed by atoms with Crippen molar-refractivity contribution < 1.29 is 10.2 Å². The van der Waals surface area contributed by atoms with Crippen molar-refractivity contribution in [2.24, 2.45) is 11.8 Å². The fraction of sp³-hybridized carbons (Fsp3) is 0.727. The van der Waals surface area contributed by atoms with Crippen LogP contribution < -0.4 is 0 Å². The summed E-state index contributed by atoms with van der Waals surface area (Å²) in [4.78, 5) is 0. The average Bonchev–Trinajstić information content (AvgIpc) is 3.07. The van der Waals surface area contributed by atoms with Crippen LogP contribution in [0, 0.1) is 25.7 Å². The Morgan fingerprint density at radius 1 is 0.750 bits per heavy atom. The average molecular weight is 331 g/mol. The van der Waals surface area contributed by atoms with Gasteiger partial charge in [-0.15, -0.1) is 0 Å². The Morgan fingerprint density at radius 3 is 1.46 bits per heavy atom. The van der Waals surface area contributed by atoms with E-state index in [4.69, 9.17) is 0 Å². The lowest BCUT2D eigenvalue weighted by Crippen LogP contribution is -2.08. The van der Waals surface area contributed by atoms with Crippen molar-refractivity contribution in [1.82, 2.24) is 0 Å². The second kappa shape index (κ2) is 7.17. The molecular weight excluding hydrogens is 296 g/mol. The van der Waals surface area contributed by atoms with Crippen LogP contribution in [0.4, 0.5) is 0 Å². The molecule has 2 nitrogen and oxygen atoms in total. The number of benzene rings is 1. The molecule has 0 aliphatic heterocycles. The lowest BCUT2D eigenvalue weighted by Gasteiger charge is -2.19. The standard InChI is InChI=1S/C22H34O2/c1-5-7-9-15-11-17-13(3)20-18(14(4)19(17)21(15)23)12-16(22(20)24)10-8-6-2/h15-16,21-24H,5-12H2,1-4H3. The van der Waals surface area contributed by atoms with Gasteiger partial charge in [0.2, 0.25) is 0 Å². The van der Waals surface area contributed by atoms with Crippen LogP contribution in [0.15, 0.2) is 0 Å². The summed E-state index contributed by atoms with van der Waals surface area (Å²) >= 11 is 0. The normalized spacial score (nSPS) is 28.2. The molecular formula is C22H34O2. The Labute approximate surface area is 147 Å². The van der Waals surface area contributed by atoms with E-state index < -0.39 is 0 Å². The van der Waals surface area contributed by atoms with Crippen LogP contribution in [0.25, 0.3) is 0 Å². The zero-order valence-corrected chi connectivity index (χ0v) is 15.9. The van der Waals surface area contributed by atoms with Crippen molar-refractivity contribution in [2.75, 3.05) is 0 Å². The van der Waals surface area contributed by atoms with E-state index in [2.05, 4.69) is 27.7 Å². The second-order valence-electron chi connectivity index (χ2n) is 8.14. The fourth-order valence-electron chi connectivity index (χ4n) is 5.18. The number of hydrogen-bond acceptors (Lipinski definition) is 2. The molecule has 0 spiro atoms. The molecule has 134 valence electrons. The van der Waals surface area contributed by atoms with Gasteiger partial charge in [-0.05, 0) is 84.7 Å². The molecule has 1 aromatic rings. The molecule has 0 saturated heterocycles. The molecule has 3 rings (SSSR count). The zero-order chi connectivity index (χ0) is 17.4. The van der Waals surface area contributed by atoms with Gasteiger partial charge in [-0.3, -0.25) is 0 Å². The first-order valence-electron chi connectivity index (χ1n) is 10.0. The maximum atomic E-state index is 10.9. The highest BCUT2D eigenvalue weighted by Crippen LogP contribution is 2.50. The minimum absolute atomic E-state index is 0.303. The molecule has 24 heavy (non-hydrogen) atoms. The minimum Gasteiger partial charge on any atom is -0.388 e. The molecule has 0 radical (unpaired) electrons. The predicted molar refractivity (Wildman–Crippen MR) is 99.3 cm³/mol. The molecule has 0 amide bonds. The Hall–Kier alpha value is -0.860. The predicted octanol–water partition coefficient (Wildman–Crippen LogP) is 5.10. The molecule has 4 atom stereocenters. The first-order chi connectivity index (χ1) is 11.5. The van der Waals surface area contributed by atoms with Gasteiger partial charge in [0, 0.05) is 0 Å². The molecule has 0 heterocycles. The summed E-state index contributed by atoms with van der Waals surface area (Å²) in [6, 6.07) is 0. The number of unbranched alkanes of at least 4 members (excludes halogenated alkanes) is 2. The van der Waals surface area contributed by atoms with Gasteiger partial charge < -0.3 is 10.2 Å². The van der Waals surface area contributed by atoms with Gasteiger partial charge in [-0.2, -0.15) is 0 Å². The summed E-state index contributed by atoms with van der Waals surface area (Å²) in [5.41, 5.74) is 7.64. The highest BCUT2D eigenvalue weighted by Gasteiger charge is 2.40. The summed E-state index contributed by atoms with van der Waals surface area (Å²) in [5.74, 6) is 0.737. The minimum atomic E-state index is -0.303. The fourth-order valence-corrected chi connectivity index (χ4v) is 5.18. The molecule has 2 heteroatoms.